The highest BCUT2D eigenvalue weighted by molar-refractivity contribution is 7.88. The largest absolute Gasteiger partial charge is 0.339 e. The highest BCUT2D eigenvalue weighted by Gasteiger charge is 2.31. The van der Waals surface area contributed by atoms with E-state index in [-0.39, 0.29) is 18.5 Å². The van der Waals surface area contributed by atoms with Crippen molar-refractivity contribution in [3.05, 3.63) is 0 Å². The number of nitrogens with zero attached hydrogens (tertiary/aromatic N) is 3. The van der Waals surface area contributed by atoms with Crippen LogP contribution in [0.25, 0.3) is 0 Å². The van der Waals surface area contributed by atoms with Gasteiger partial charge in [0.1, 0.15) is 0 Å². The minimum Gasteiger partial charge on any atom is -0.339 e. The number of rotatable bonds is 5. The lowest BCUT2D eigenvalue weighted by Gasteiger charge is -2.36. The standard InChI is InChI=1S/C16H31N3O3S/c1-3-17-10-12-18(13-11-17)16(20)14-19(23(2,21)22)15-8-6-4-5-7-9-15/h15H,3-14H2,1-2H3. The molecule has 7 heteroatoms. The maximum absolute atomic E-state index is 12.6. The normalized spacial score (nSPS) is 22.3. The van der Waals surface area contributed by atoms with Gasteiger partial charge in [0.25, 0.3) is 0 Å². The molecule has 0 unspecified atom stereocenters. The number of amides is 1. The van der Waals surface area contributed by atoms with Crippen molar-refractivity contribution >= 4 is 15.9 Å². The molecule has 2 fully saturated rings. The fourth-order valence-electron chi connectivity index (χ4n) is 3.61. The molecule has 1 aliphatic carbocycles. The van der Waals surface area contributed by atoms with Crippen molar-refractivity contribution in [1.82, 2.24) is 14.1 Å². The first-order valence-corrected chi connectivity index (χ1v) is 10.7. The van der Waals surface area contributed by atoms with Crippen LogP contribution in [-0.4, -0.2) is 80.0 Å². The zero-order chi connectivity index (χ0) is 16.9. The molecule has 1 amide bonds. The smallest absolute Gasteiger partial charge is 0.237 e. The second-order valence-electron chi connectivity index (χ2n) is 6.77. The monoisotopic (exact) mass is 345 g/mol. The summed E-state index contributed by atoms with van der Waals surface area (Å²) < 4.78 is 25.9. The van der Waals surface area contributed by atoms with Crippen molar-refractivity contribution in [1.29, 1.82) is 0 Å². The van der Waals surface area contributed by atoms with Crippen LogP contribution in [0.15, 0.2) is 0 Å². The number of piperazine rings is 1. The molecular weight excluding hydrogens is 314 g/mol. The molecule has 0 N–H and O–H groups in total. The second kappa shape index (κ2) is 8.44. The van der Waals surface area contributed by atoms with Crippen LogP contribution in [0, 0.1) is 0 Å². The Kier molecular flexibility index (Phi) is 6.85. The summed E-state index contributed by atoms with van der Waals surface area (Å²) in [6.07, 6.45) is 7.44. The molecule has 1 saturated heterocycles. The van der Waals surface area contributed by atoms with Crippen LogP contribution in [-0.2, 0) is 14.8 Å². The van der Waals surface area contributed by atoms with Gasteiger partial charge in [-0.15, -0.1) is 0 Å². The summed E-state index contributed by atoms with van der Waals surface area (Å²) in [7, 11) is -3.35. The molecule has 23 heavy (non-hydrogen) atoms. The van der Waals surface area contributed by atoms with Gasteiger partial charge in [-0.05, 0) is 19.4 Å². The van der Waals surface area contributed by atoms with E-state index in [1.165, 1.54) is 23.4 Å². The topological polar surface area (TPSA) is 60.9 Å². The lowest BCUT2D eigenvalue weighted by atomic mass is 10.1. The molecule has 0 aromatic carbocycles. The third-order valence-electron chi connectivity index (χ3n) is 5.12. The van der Waals surface area contributed by atoms with Crippen LogP contribution >= 0.6 is 0 Å². The van der Waals surface area contributed by atoms with Crippen LogP contribution in [0.2, 0.25) is 0 Å². The molecule has 0 radical (unpaired) electrons. The first kappa shape index (κ1) is 18.7. The van der Waals surface area contributed by atoms with E-state index in [0.717, 1.165) is 45.3 Å². The maximum atomic E-state index is 12.6. The van der Waals surface area contributed by atoms with Gasteiger partial charge in [-0.1, -0.05) is 32.6 Å². The summed E-state index contributed by atoms with van der Waals surface area (Å²) >= 11 is 0. The van der Waals surface area contributed by atoms with E-state index in [1.807, 2.05) is 4.90 Å². The van der Waals surface area contributed by atoms with E-state index in [2.05, 4.69) is 11.8 Å². The van der Waals surface area contributed by atoms with E-state index in [1.54, 1.807) is 0 Å². The van der Waals surface area contributed by atoms with Gasteiger partial charge < -0.3 is 9.80 Å². The zero-order valence-corrected chi connectivity index (χ0v) is 15.4. The van der Waals surface area contributed by atoms with Gasteiger partial charge in [-0.3, -0.25) is 4.79 Å². The van der Waals surface area contributed by atoms with E-state index in [9.17, 15) is 13.2 Å². The SMILES string of the molecule is CCN1CCN(C(=O)CN(C2CCCCCC2)S(C)(=O)=O)CC1. The number of carbonyl (C=O) groups excluding carboxylic acids is 1. The Balaban J connectivity index is 1.98. The molecule has 0 bridgehead atoms. The molecule has 0 atom stereocenters. The van der Waals surface area contributed by atoms with E-state index < -0.39 is 10.0 Å². The fraction of sp³-hybridized carbons (Fsp3) is 0.938. The van der Waals surface area contributed by atoms with Crippen LogP contribution in [0.1, 0.15) is 45.4 Å². The lowest BCUT2D eigenvalue weighted by Crippen LogP contribution is -2.52. The van der Waals surface area contributed by atoms with E-state index in [0.29, 0.717) is 13.1 Å². The number of hydrogen-bond donors (Lipinski definition) is 0. The van der Waals surface area contributed by atoms with Crippen LogP contribution in [0.4, 0.5) is 0 Å². The molecule has 1 saturated carbocycles. The maximum Gasteiger partial charge on any atom is 0.237 e. The predicted octanol–water partition coefficient (Wildman–Crippen LogP) is 1.13. The molecule has 1 heterocycles. The molecular formula is C16H31N3O3S. The Morgan fingerprint density at radius 2 is 1.61 bits per heavy atom. The molecule has 2 aliphatic rings. The summed E-state index contributed by atoms with van der Waals surface area (Å²) in [4.78, 5) is 16.7. The molecule has 0 spiro atoms. The van der Waals surface area contributed by atoms with E-state index in [4.69, 9.17) is 0 Å². The summed E-state index contributed by atoms with van der Waals surface area (Å²) in [6.45, 7) is 6.29. The fourth-order valence-corrected chi connectivity index (χ4v) is 4.71. The van der Waals surface area contributed by atoms with Gasteiger partial charge in [0.2, 0.25) is 15.9 Å². The highest BCUT2D eigenvalue weighted by atomic mass is 32.2. The van der Waals surface area contributed by atoms with Crippen LogP contribution in [0.5, 0.6) is 0 Å². The lowest BCUT2D eigenvalue weighted by molar-refractivity contribution is -0.133. The number of hydrogen-bond acceptors (Lipinski definition) is 4. The van der Waals surface area contributed by atoms with E-state index >= 15 is 0 Å². The van der Waals surface area contributed by atoms with Crippen LogP contribution < -0.4 is 0 Å². The van der Waals surface area contributed by atoms with Crippen molar-refractivity contribution in [3.8, 4) is 0 Å². The second-order valence-corrected chi connectivity index (χ2v) is 8.70. The Morgan fingerprint density at radius 1 is 1.04 bits per heavy atom. The third-order valence-corrected chi connectivity index (χ3v) is 6.40. The predicted molar refractivity (Wildman–Crippen MR) is 91.7 cm³/mol. The van der Waals surface area contributed by atoms with Gasteiger partial charge >= 0.3 is 0 Å². The van der Waals surface area contributed by atoms with Crippen LogP contribution in [0.3, 0.4) is 0 Å². The summed E-state index contributed by atoms with van der Waals surface area (Å²) in [5, 5.41) is 0. The summed E-state index contributed by atoms with van der Waals surface area (Å²) in [5.74, 6) is -0.0459. The minimum atomic E-state index is -3.35. The Labute approximate surface area is 140 Å². The average molecular weight is 346 g/mol. The summed E-state index contributed by atoms with van der Waals surface area (Å²) in [6, 6.07) is -0.00613. The molecule has 2 rings (SSSR count). The molecule has 0 aromatic heterocycles. The van der Waals surface area contributed by atoms with Gasteiger partial charge in [-0.2, -0.15) is 4.31 Å². The van der Waals surface area contributed by atoms with Crippen molar-refractivity contribution < 1.29 is 13.2 Å². The van der Waals surface area contributed by atoms with Crippen molar-refractivity contribution in [3.63, 3.8) is 0 Å². The number of carbonyl (C=O) groups is 1. The number of sulfonamides is 1. The molecule has 134 valence electrons. The molecule has 0 aromatic rings. The van der Waals surface area contributed by atoms with Crippen molar-refractivity contribution in [2.24, 2.45) is 0 Å². The minimum absolute atomic E-state index is 0.00613. The summed E-state index contributed by atoms with van der Waals surface area (Å²) in [5.41, 5.74) is 0. The molecule has 6 nitrogen and oxygen atoms in total. The van der Waals surface area contributed by atoms with Gasteiger partial charge in [0, 0.05) is 32.2 Å². The molecule has 1 aliphatic heterocycles. The number of likely N-dealkylation sites (N-methyl/N-ethyl adjacent to an activating group) is 1. The van der Waals surface area contributed by atoms with Crippen molar-refractivity contribution in [2.75, 3.05) is 45.5 Å². The zero-order valence-electron chi connectivity index (χ0n) is 14.5. The van der Waals surface area contributed by atoms with Gasteiger partial charge in [-0.25, -0.2) is 8.42 Å². The Hall–Kier alpha value is -0.660. The van der Waals surface area contributed by atoms with Crippen molar-refractivity contribution in [2.45, 2.75) is 51.5 Å². The first-order chi connectivity index (χ1) is 10.9. The highest BCUT2D eigenvalue weighted by Crippen LogP contribution is 2.23. The Bertz CT molecular complexity index is 479. The Morgan fingerprint density at radius 3 is 2.09 bits per heavy atom. The first-order valence-electron chi connectivity index (χ1n) is 8.88. The third kappa shape index (κ3) is 5.43. The van der Waals surface area contributed by atoms with Gasteiger partial charge in [0.05, 0.1) is 12.8 Å². The quantitative estimate of drug-likeness (QED) is 0.701. The van der Waals surface area contributed by atoms with Gasteiger partial charge in [0.15, 0.2) is 0 Å². The average Bonchev–Trinajstić information content (AvgIpc) is 2.80.